The van der Waals surface area contributed by atoms with Crippen LogP contribution in [0.15, 0.2) is 11.6 Å². The van der Waals surface area contributed by atoms with Crippen molar-refractivity contribution in [3.8, 4) is 0 Å². The van der Waals surface area contributed by atoms with Crippen LogP contribution in [0.3, 0.4) is 0 Å². The van der Waals surface area contributed by atoms with Crippen molar-refractivity contribution in [2.24, 2.45) is 50.2 Å². The molecule has 0 spiro atoms. The monoisotopic (exact) mass is 666 g/mol. The second-order valence-electron chi connectivity index (χ2n) is 17.8. The van der Waals surface area contributed by atoms with Crippen LogP contribution in [0.2, 0.25) is 0 Å². The lowest BCUT2D eigenvalue weighted by Gasteiger charge is -2.71. The van der Waals surface area contributed by atoms with Crippen molar-refractivity contribution in [2.75, 3.05) is 13.2 Å². The maximum atomic E-state index is 14.4. The van der Waals surface area contributed by atoms with Gasteiger partial charge in [-0.2, -0.15) is 0 Å². The Labute approximate surface area is 278 Å². The SMILES string of the molecule is CC1(C)CC[C@]2(C(=O)O[C@@H]3O[C@H](CO)[C@@H](O)[C@H](O)[C@H]3O)CC[C@]3(C)C(=CCC4[C@@]5(C)C[C@@H](O)[C@H](O)[C@@](C)(CO)C5CC[C@]43C)C2[C@@H]1O. The van der Waals surface area contributed by atoms with E-state index in [9.17, 15) is 45.6 Å². The minimum Gasteiger partial charge on any atom is -0.432 e. The van der Waals surface area contributed by atoms with Crippen LogP contribution in [0.5, 0.6) is 0 Å². The first kappa shape index (κ1) is 35.7. The van der Waals surface area contributed by atoms with Crippen LogP contribution in [0, 0.1) is 50.2 Å². The van der Waals surface area contributed by atoms with Gasteiger partial charge in [-0.1, -0.05) is 53.2 Å². The van der Waals surface area contributed by atoms with Crippen LogP contribution in [0.4, 0.5) is 0 Å². The van der Waals surface area contributed by atoms with Gasteiger partial charge in [0.15, 0.2) is 0 Å². The highest BCUT2D eigenvalue weighted by molar-refractivity contribution is 5.79. The normalized spacial score (nSPS) is 55.4. The summed E-state index contributed by atoms with van der Waals surface area (Å²) in [6, 6.07) is 0. The van der Waals surface area contributed by atoms with Crippen LogP contribution in [-0.4, -0.2) is 109 Å². The summed E-state index contributed by atoms with van der Waals surface area (Å²) >= 11 is 0. The summed E-state index contributed by atoms with van der Waals surface area (Å²) in [7, 11) is 0. The van der Waals surface area contributed by atoms with Gasteiger partial charge in [0, 0.05) is 11.3 Å². The van der Waals surface area contributed by atoms with Gasteiger partial charge in [-0.3, -0.25) is 4.79 Å². The Hall–Kier alpha value is -1.15. The number of fused-ring (bicyclic) bond motifs is 7. The molecule has 4 saturated carbocycles. The predicted molar refractivity (Wildman–Crippen MR) is 169 cm³/mol. The first-order valence-electron chi connectivity index (χ1n) is 17.7. The fourth-order valence-electron chi connectivity index (χ4n) is 12.1. The third-order valence-electron chi connectivity index (χ3n) is 15.4. The Bertz CT molecular complexity index is 1270. The highest BCUT2D eigenvalue weighted by Crippen LogP contribution is 2.75. The van der Waals surface area contributed by atoms with E-state index in [2.05, 4.69) is 26.8 Å². The van der Waals surface area contributed by atoms with E-state index in [4.69, 9.17) is 9.47 Å². The average Bonchev–Trinajstić information content (AvgIpc) is 3.02. The maximum Gasteiger partial charge on any atom is 0.315 e. The number of hydrogen-bond donors (Lipinski definition) is 8. The number of aliphatic hydroxyl groups excluding tert-OH is 8. The van der Waals surface area contributed by atoms with E-state index in [-0.39, 0.29) is 29.3 Å². The standard InChI is InChI=1S/C36H58O11/c1-31(2)11-13-36(30(45)47-29-26(42)25(41)24(40)20(16-37)46-29)14-12-34(5)18(23(36)28(31)44)7-8-22-32(3)15-19(39)27(43)33(4,17-38)21(32)9-10-35(22,34)6/h7,19-29,37-44H,8-17H2,1-6H3/t19-,20-,21?,22?,23?,24-,25+,26-,27+,28+,29+,32+,33+,34-,35-,36+/m1/s1. The van der Waals surface area contributed by atoms with Gasteiger partial charge in [-0.15, -0.1) is 0 Å². The Morgan fingerprint density at radius 3 is 2.15 bits per heavy atom. The number of hydrogen-bond acceptors (Lipinski definition) is 11. The Morgan fingerprint density at radius 2 is 1.51 bits per heavy atom. The lowest BCUT2D eigenvalue weighted by Crippen LogP contribution is -2.69. The third kappa shape index (κ3) is 4.67. The Balaban J connectivity index is 1.39. The van der Waals surface area contributed by atoms with E-state index in [1.165, 1.54) is 0 Å². The third-order valence-corrected chi connectivity index (χ3v) is 15.4. The van der Waals surface area contributed by atoms with Gasteiger partial charge in [0.05, 0.1) is 36.9 Å². The molecule has 16 atom stereocenters. The minimum atomic E-state index is -1.72. The lowest BCUT2D eigenvalue weighted by molar-refractivity contribution is -0.298. The molecule has 3 unspecified atom stereocenters. The van der Waals surface area contributed by atoms with E-state index in [0.29, 0.717) is 38.5 Å². The largest absolute Gasteiger partial charge is 0.432 e. The average molecular weight is 667 g/mol. The van der Waals surface area contributed by atoms with Crippen molar-refractivity contribution in [1.29, 1.82) is 0 Å². The zero-order valence-electron chi connectivity index (χ0n) is 28.8. The molecule has 11 nitrogen and oxygen atoms in total. The van der Waals surface area contributed by atoms with Crippen molar-refractivity contribution < 1.29 is 55.1 Å². The molecule has 0 amide bonds. The number of carbonyl (C=O) groups is 1. The van der Waals surface area contributed by atoms with Crippen LogP contribution in [0.1, 0.15) is 92.9 Å². The second-order valence-corrected chi connectivity index (χ2v) is 17.8. The molecule has 5 fully saturated rings. The molecular formula is C36H58O11. The molecule has 47 heavy (non-hydrogen) atoms. The smallest absolute Gasteiger partial charge is 0.315 e. The molecule has 1 aliphatic heterocycles. The molecule has 0 radical (unpaired) electrons. The van der Waals surface area contributed by atoms with Crippen molar-refractivity contribution in [2.45, 2.75) is 142 Å². The molecule has 6 rings (SSSR count). The van der Waals surface area contributed by atoms with E-state index >= 15 is 0 Å². The van der Waals surface area contributed by atoms with E-state index in [1.54, 1.807) is 0 Å². The van der Waals surface area contributed by atoms with Crippen LogP contribution >= 0.6 is 0 Å². The number of ether oxygens (including phenoxy) is 2. The number of carbonyl (C=O) groups excluding carboxylic acids is 1. The number of esters is 1. The fourth-order valence-corrected chi connectivity index (χ4v) is 12.1. The summed E-state index contributed by atoms with van der Waals surface area (Å²) in [5, 5.41) is 85.9. The van der Waals surface area contributed by atoms with Gasteiger partial charge in [0.1, 0.15) is 24.4 Å². The quantitative estimate of drug-likeness (QED) is 0.160. The van der Waals surface area contributed by atoms with Crippen molar-refractivity contribution >= 4 is 5.97 Å². The van der Waals surface area contributed by atoms with E-state index in [1.807, 2.05) is 20.8 Å². The summed E-state index contributed by atoms with van der Waals surface area (Å²) in [6.07, 6.45) is -3.62. The molecule has 0 aromatic rings. The summed E-state index contributed by atoms with van der Waals surface area (Å²) in [4.78, 5) is 14.4. The van der Waals surface area contributed by atoms with Crippen molar-refractivity contribution in [1.82, 2.24) is 0 Å². The van der Waals surface area contributed by atoms with Gasteiger partial charge >= 0.3 is 5.97 Å². The first-order chi connectivity index (χ1) is 21.8. The zero-order chi connectivity index (χ0) is 34.7. The van der Waals surface area contributed by atoms with Crippen LogP contribution in [-0.2, 0) is 14.3 Å². The zero-order valence-corrected chi connectivity index (χ0v) is 28.8. The Morgan fingerprint density at radius 1 is 0.851 bits per heavy atom. The fraction of sp³-hybridized carbons (Fsp3) is 0.917. The summed E-state index contributed by atoms with van der Waals surface area (Å²) in [6.45, 7) is 11.9. The van der Waals surface area contributed by atoms with E-state index in [0.717, 1.165) is 18.4 Å². The number of aliphatic hydroxyl groups is 8. The van der Waals surface area contributed by atoms with Gasteiger partial charge < -0.3 is 50.3 Å². The first-order valence-corrected chi connectivity index (χ1v) is 17.7. The molecule has 11 heteroatoms. The van der Waals surface area contributed by atoms with Gasteiger partial charge in [0.2, 0.25) is 6.29 Å². The lowest BCUT2D eigenvalue weighted by atomic mass is 9.33. The number of rotatable bonds is 4. The van der Waals surface area contributed by atoms with Crippen molar-refractivity contribution in [3.63, 3.8) is 0 Å². The number of allylic oxidation sites excluding steroid dienone is 1. The van der Waals surface area contributed by atoms with Gasteiger partial charge in [-0.25, -0.2) is 0 Å². The highest BCUT2D eigenvalue weighted by Gasteiger charge is 2.72. The second kappa shape index (κ2) is 11.4. The summed E-state index contributed by atoms with van der Waals surface area (Å²) < 4.78 is 11.4. The van der Waals surface area contributed by atoms with Crippen molar-refractivity contribution in [3.05, 3.63) is 11.6 Å². The Kier molecular flexibility index (Phi) is 8.68. The van der Waals surface area contributed by atoms with Crippen LogP contribution in [0.25, 0.3) is 0 Å². The molecule has 8 N–H and O–H groups in total. The molecular weight excluding hydrogens is 608 g/mol. The molecule has 0 aromatic carbocycles. The highest BCUT2D eigenvalue weighted by atomic mass is 16.7. The van der Waals surface area contributed by atoms with Gasteiger partial charge in [-0.05, 0) is 84.9 Å². The molecule has 5 aliphatic carbocycles. The van der Waals surface area contributed by atoms with E-state index < -0.39 is 89.2 Å². The minimum absolute atomic E-state index is 0.00502. The molecule has 1 saturated heterocycles. The predicted octanol–water partition coefficient (Wildman–Crippen LogP) is 1.41. The summed E-state index contributed by atoms with van der Waals surface area (Å²) in [5.74, 6) is -1.08. The molecule has 0 bridgehead atoms. The molecule has 0 aromatic heterocycles. The van der Waals surface area contributed by atoms with Gasteiger partial charge in [0.25, 0.3) is 0 Å². The molecule has 268 valence electrons. The maximum absolute atomic E-state index is 14.4. The summed E-state index contributed by atoms with van der Waals surface area (Å²) in [5.41, 5.74) is -2.46. The molecule has 6 aliphatic rings. The topological polar surface area (TPSA) is 197 Å². The van der Waals surface area contributed by atoms with Crippen LogP contribution < -0.4 is 0 Å². The molecule has 1 heterocycles.